The molecule has 0 aliphatic carbocycles. The number of furan rings is 1. The van der Waals surface area contributed by atoms with Crippen molar-refractivity contribution in [2.45, 2.75) is 20.7 Å². The fourth-order valence-corrected chi connectivity index (χ4v) is 5.04. The van der Waals surface area contributed by atoms with Crippen LogP contribution in [0.3, 0.4) is 0 Å². The number of aromatic nitrogens is 2. The van der Waals surface area contributed by atoms with Crippen LogP contribution in [0.5, 0.6) is 0 Å². The lowest BCUT2D eigenvalue weighted by molar-refractivity contribution is 0.0995. The first kappa shape index (κ1) is 21.8. The Labute approximate surface area is 188 Å². The fraction of sp³-hybridized carbons (Fsp3) is 0.0909. The predicted molar refractivity (Wildman–Crippen MR) is 118 cm³/mol. The number of benzene rings is 2. The van der Waals surface area contributed by atoms with E-state index in [9.17, 15) is 17.6 Å². The Bertz CT molecular complexity index is 1360. The van der Waals surface area contributed by atoms with Gasteiger partial charge in [0, 0.05) is 24.3 Å². The predicted octanol–water partition coefficient (Wildman–Crippen LogP) is 4.53. The summed E-state index contributed by atoms with van der Waals surface area (Å²) in [6, 6.07) is 14.8. The normalized spacial score (nSPS) is 11.4. The van der Waals surface area contributed by atoms with Crippen molar-refractivity contribution in [3.05, 3.63) is 90.4 Å². The molecule has 0 aliphatic rings. The number of aryl methyl sites for hydroxylation is 1. The van der Waals surface area contributed by atoms with Crippen LogP contribution in [0.2, 0.25) is 0 Å². The quantitative estimate of drug-likeness (QED) is 0.426. The minimum absolute atomic E-state index is 0.0829. The molecule has 164 valence electrons. The van der Waals surface area contributed by atoms with Crippen molar-refractivity contribution >= 4 is 33.2 Å². The molecule has 2 aromatic carbocycles. The van der Waals surface area contributed by atoms with Crippen LogP contribution < -0.4 is 5.32 Å². The molecule has 2 heterocycles. The molecule has 32 heavy (non-hydrogen) atoms. The molecular weight excluding hydrogens is 453 g/mol. The molecule has 0 saturated heterocycles. The fourth-order valence-electron chi connectivity index (χ4n) is 2.90. The highest BCUT2D eigenvalue weighted by Crippen LogP contribution is 2.33. The highest BCUT2D eigenvalue weighted by atomic mass is 32.2. The molecule has 0 saturated carbocycles. The molecule has 4 rings (SSSR count). The third kappa shape index (κ3) is 4.92. The second kappa shape index (κ2) is 9.01. The maximum absolute atomic E-state index is 13.8. The molecular formula is C22H18FN3O4S2. The van der Waals surface area contributed by atoms with Gasteiger partial charge in [0.15, 0.2) is 20.8 Å². The Morgan fingerprint density at radius 2 is 1.94 bits per heavy atom. The van der Waals surface area contributed by atoms with Crippen molar-refractivity contribution in [2.75, 3.05) is 5.32 Å². The van der Waals surface area contributed by atoms with Crippen molar-refractivity contribution in [1.82, 2.24) is 9.55 Å². The van der Waals surface area contributed by atoms with Crippen LogP contribution in [-0.2, 0) is 22.6 Å². The number of rotatable bonds is 7. The van der Waals surface area contributed by atoms with E-state index < -0.39 is 21.6 Å². The third-order valence-corrected chi connectivity index (χ3v) is 7.29. The van der Waals surface area contributed by atoms with E-state index in [0.717, 1.165) is 0 Å². The second-order valence-electron chi connectivity index (χ2n) is 6.86. The first-order valence-electron chi connectivity index (χ1n) is 9.44. The largest absolute Gasteiger partial charge is 0.455 e. The minimum atomic E-state index is -3.62. The Morgan fingerprint density at radius 3 is 2.66 bits per heavy atom. The van der Waals surface area contributed by atoms with Crippen LogP contribution in [0.4, 0.5) is 10.1 Å². The summed E-state index contributed by atoms with van der Waals surface area (Å²) >= 11 is 1.26. The van der Waals surface area contributed by atoms with Gasteiger partial charge in [-0.2, -0.15) is 0 Å². The van der Waals surface area contributed by atoms with Crippen LogP contribution >= 0.6 is 11.8 Å². The smallest absolute Gasteiger partial charge is 0.291 e. The van der Waals surface area contributed by atoms with Crippen molar-refractivity contribution in [1.29, 1.82) is 0 Å². The lowest BCUT2D eigenvalue weighted by atomic mass is 10.3. The number of carbonyl (C=O) groups excluding carboxylic acids is 1. The molecule has 4 aromatic rings. The van der Waals surface area contributed by atoms with Crippen LogP contribution in [0, 0.1) is 5.82 Å². The Kier molecular flexibility index (Phi) is 6.15. The van der Waals surface area contributed by atoms with E-state index in [1.165, 1.54) is 48.2 Å². The summed E-state index contributed by atoms with van der Waals surface area (Å²) in [5.74, 6) is -1.48. The first-order valence-corrected chi connectivity index (χ1v) is 11.9. The average Bonchev–Trinajstić information content (AvgIpc) is 3.39. The van der Waals surface area contributed by atoms with Crippen molar-refractivity contribution in [3.8, 4) is 0 Å². The molecule has 7 nitrogen and oxygen atoms in total. The lowest BCUT2D eigenvalue weighted by Crippen LogP contribution is -2.12. The average molecular weight is 472 g/mol. The van der Waals surface area contributed by atoms with E-state index >= 15 is 0 Å². The summed E-state index contributed by atoms with van der Waals surface area (Å²) < 4.78 is 46.1. The molecule has 0 radical (unpaired) electrons. The van der Waals surface area contributed by atoms with Crippen LogP contribution in [-0.4, -0.2) is 23.9 Å². The zero-order valence-corrected chi connectivity index (χ0v) is 18.5. The molecule has 0 fully saturated rings. The monoisotopic (exact) mass is 471 g/mol. The van der Waals surface area contributed by atoms with Gasteiger partial charge in [0.1, 0.15) is 17.3 Å². The van der Waals surface area contributed by atoms with Crippen LogP contribution in [0.1, 0.15) is 16.3 Å². The summed E-state index contributed by atoms with van der Waals surface area (Å²) in [7, 11) is -1.79. The van der Waals surface area contributed by atoms with Gasteiger partial charge in [-0.3, -0.25) is 4.79 Å². The summed E-state index contributed by atoms with van der Waals surface area (Å²) in [5.41, 5.74) is 0.248. The van der Waals surface area contributed by atoms with Crippen LogP contribution in [0.25, 0.3) is 0 Å². The molecule has 0 spiro atoms. The Balaban J connectivity index is 1.51. The summed E-state index contributed by atoms with van der Waals surface area (Å²) in [4.78, 5) is 17.7. The number of carbonyl (C=O) groups is 1. The molecule has 1 amide bonds. The van der Waals surface area contributed by atoms with Gasteiger partial charge < -0.3 is 14.3 Å². The second-order valence-corrected chi connectivity index (χ2v) is 9.85. The number of nitrogens with one attached hydrogen (secondary N) is 1. The standard InChI is InChI=1S/C22H18FN3O4S2/c1-26-12-11-24-22(26)31-20-10-7-15(23)13-18(20)25-21(27)19-9-8-16(30-19)14-32(28,29)17-5-3-2-4-6-17/h2-13H,14H2,1H3,(H,25,27). The number of halogens is 1. The number of anilines is 1. The van der Waals surface area contributed by atoms with Crippen molar-refractivity contribution in [2.24, 2.45) is 7.05 Å². The molecule has 0 atom stereocenters. The number of nitrogens with zero attached hydrogens (tertiary/aromatic N) is 2. The lowest BCUT2D eigenvalue weighted by Gasteiger charge is -2.10. The number of sulfone groups is 1. The van der Waals surface area contributed by atoms with Gasteiger partial charge >= 0.3 is 0 Å². The maximum Gasteiger partial charge on any atom is 0.291 e. The Morgan fingerprint density at radius 1 is 1.16 bits per heavy atom. The highest BCUT2D eigenvalue weighted by Gasteiger charge is 2.20. The molecule has 0 bridgehead atoms. The number of hydrogen-bond acceptors (Lipinski definition) is 6. The van der Waals surface area contributed by atoms with E-state index in [-0.39, 0.29) is 27.9 Å². The van der Waals surface area contributed by atoms with Gasteiger partial charge in [0.25, 0.3) is 5.91 Å². The topological polar surface area (TPSA) is 94.2 Å². The van der Waals surface area contributed by atoms with Gasteiger partial charge in [-0.1, -0.05) is 18.2 Å². The molecule has 10 heteroatoms. The van der Waals surface area contributed by atoms with E-state index in [1.807, 2.05) is 7.05 Å². The van der Waals surface area contributed by atoms with E-state index in [0.29, 0.717) is 10.1 Å². The van der Waals surface area contributed by atoms with Gasteiger partial charge in [0.2, 0.25) is 0 Å². The molecule has 0 aliphatic heterocycles. The molecule has 2 aromatic heterocycles. The minimum Gasteiger partial charge on any atom is -0.455 e. The van der Waals surface area contributed by atoms with E-state index in [1.54, 1.807) is 41.2 Å². The van der Waals surface area contributed by atoms with Gasteiger partial charge in [-0.15, -0.1) is 0 Å². The van der Waals surface area contributed by atoms with Gasteiger partial charge in [-0.25, -0.2) is 17.8 Å². The number of amides is 1. The molecule has 1 N–H and O–H groups in total. The Hall–Kier alpha value is -3.37. The number of imidazole rings is 1. The summed E-state index contributed by atoms with van der Waals surface area (Å²) in [6.07, 6.45) is 3.41. The summed E-state index contributed by atoms with van der Waals surface area (Å²) in [6.45, 7) is 0. The van der Waals surface area contributed by atoms with Gasteiger partial charge in [0.05, 0.1) is 10.6 Å². The van der Waals surface area contributed by atoms with Crippen molar-refractivity contribution in [3.63, 3.8) is 0 Å². The van der Waals surface area contributed by atoms with E-state index in [4.69, 9.17) is 4.42 Å². The van der Waals surface area contributed by atoms with Gasteiger partial charge in [-0.05, 0) is 54.2 Å². The molecule has 0 unspecified atom stereocenters. The van der Waals surface area contributed by atoms with Crippen LogP contribution in [0.15, 0.2) is 92.4 Å². The van der Waals surface area contributed by atoms with E-state index in [2.05, 4.69) is 10.3 Å². The SMILES string of the molecule is Cn1ccnc1Sc1ccc(F)cc1NC(=O)c1ccc(CS(=O)(=O)c2ccccc2)o1. The first-order chi connectivity index (χ1) is 15.3. The third-order valence-electron chi connectivity index (χ3n) is 4.49. The summed E-state index contributed by atoms with van der Waals surface area (Å²) in [5, 5.41) is 3.29. The maximum atomic E-state index is 13.8. The zero-order valence-electron chi connectivity index (χ0n) is 16.9. The zero-order chi connectivity index (χ0) is 22.7. The number of hydrogen-bond donors (Lipinski definition) is 1. The highest BCUT2D eigenvalue weighted by molar-refractivity contribution is 7.99. The van der Waals surface area contributed by atoms with Crippen molar-refractivity contribution < 1.29 is 22.0 Å².